The molecule has 0 heterocycles. The normalized spacial score (nSPS) is 25.2. The molecule has 0 amide bonds. The molecule has 0 radical (unpaired) electrons. The zero-order chi connectivity index (χ0) is 19.9. The zero-order valence-electron chi connectivity index (χ0n) is 15.9. The molecule has 3 unspecified atom stereocenters. The molecule has 27 heavy (non-hydrogen) atoms. The highest BCUT2D eigenvalue weighted by atomic mass is 35.5. The molecule has 6 nitrogen and oxygen atoms in total. The number of ether oxygens (including phenoxy) is 1. The zero-order valence-corrected chi connectivity index (χ0v) is 16.6. The monoisotopic (exact) mass is 396 g/mol. The van der Waals surface area contributed by atoms with E-state index in [0.29, 0.717) is 30.8 Å². The first-order chi connectivity index (χ1) is 12.8. The minimum Gasteiger partial charge on any atom is -0.444 e. The van der Waals surface area contributed by atoms with Crippen LogP contribution in [0.15, 0.2) is 24.3 Å². The first-order valence-electron chi connectivity index (χ1n) is 9.66. The van der Waals surface area contributed by atoms with Gasteiger partial charge in [0.15, 0.2) is 5.72 Å². The van der Waals surface area contributed by atoms with Crippen molar-refractivity contribution >= 4 is 24.7 Å². The predicted molar refractivity (Wildman–Crippen MR) is 107 cm³/mol. The second-order valence-electron chi connectivity index (χ2n) is 7.52. The summed E-state index contributed by atoms with van der Waals surface area (Å²) in [5, 5.41) is 23.4. The van der Waals surface area contributed by atoms with Crippen LogP contribution in [0, 0.1) is 0 Å². The van der Waals surface area contributed by atoms with E-state index in [1.165, 1.54) is 0 Å². The minimum absolute atomic E-state index is 0.0883. The van der Waals surface area contributed by atoms with E-state index in [9.17, 15) is 14.8 Å². The Hall–Kier alpha value is -1.12. The summed E-state index contributed by atoms with van der Waals surface area (Å²) < 4.78 is 5.56. The smallest absolute Gasteiger partial charge is 0.444 e. The Kier molecular flexibility index (Phi) is 8.57. The number of carbonyl (C=O) groups excluding carboxylic acids is 1. The van der Waals surface area contributed by atoms with E-state index in [-0.39, 0.29) is 18.4 Å². The van der Waals surface area contributed by atoms with Gasteiger partial charge in [-0.3, -0.25) is 10.5 Å². The van der Waals surface area contributed by atoms with Gasteiger partial charge in [-0.1, -0.05) is 43.5 Å². The van der Waals surface area contributed by atoms with Crippen LogP contribution in [0.3, 0.4) is 0 Å². The molecule has 5 N–H and O–H groups in total. The fourth-order valence-corrected chi connectivity index (χ4v) is 3.73. The number of unbranched alkanes of at least 4 members (excludes halogenated alkanes) is 2. The average Bonchev–Trinajstić information content (AvgIpc) is 2.60. The number of nitrogens with two attached hydrogens (primary N) is 1. The highest BCUT2D eigenvalue weighted by Crippen LogP contribution is 2.37. The van der Waals surface area contributed by atoms with Gasteiger partial charge in [-0.05, 0) is 30.5 Å². The van der Waals surface area contributed by atoms with Crippen molar-refractivity contribution in [2.24, 2.45) is 5.73 Å². The van der Waals surface area contributed by atoms with Gasteiger partial charge in [0.1, 0.15) is 0 Å². The summed E-state index contributed by atoms with van der Waals surface area (Å²) in [5.74, 6) is -0.773. The van der Waals surface area contributed by atoms with E-state index in [4.69, 9.17) is 22.1 Å². The Labute approximate surface area is 166 Å². The molecule has 1 aliphatic rings. The van der Waals surface area contributed by atoms with Crippen LogP contribution in [0.1, 0.15) is 57.4 Å². The highest BCUT2D eigenvalue weighted by molar-refractivity contribution is 6.43. The first kappa shape index (κ1) is 22.2. The molecule has 1 saturated carbocycles. The molecule has 0 aromatic heterocycles. The molecule has 150 valence electrons. The van der Waals surface area contributed by atoms with Gasteiger partial charge < -0.3 is 20.1 Å². The minimum atomic E-state index is -1.49. The van der Waals surface area contributed by atoms with Crippen LogP contribution in [-0.2, 0) is 16.1 Å². The van der Waals surface area contributed by atoms with Crippen LogP contribution in [0.2, 0.25) is 10.8 Å². The van der Waals surface area contributed by atoms with Crippen molar-refractivity contribution in [2.45, 2.75) is 76.0 Å². The molecule has 0 bridgehead atoms. The van der Waals surface area contributed by atoms with Crippen molar-refractivity contribution in [3.8, 4) is 0 Å². The summed E-state index contributed by atoms with van der Waals surface area (Å²) in [5.41, 5.74) is 6.22. The number of nitrogens with one attached hydrogen (secondary N) is 1. The fraction of sp³-hybridized carbons (Fsp3) is 0.632. The summed E-state index contributed by atoms with van der Waals surface area (Å²) in [4.78, 5) is 12.1. The molecule has 0 aliphatic heterocycles. The first-order valence-corrected chi connectivity index (χ1v) is 10.0. The Bertz CT molecular complexity index is 602. The van der Waals surface area contributed by atoms with Gasteiger partial charge in [-0.2, -0.15) is 0 Å². The molecule has 8 heteroatoms. The molecule has 2 rings (SSSR count). The van der Waals surface area contributed by atoms with Crippen molar-refractivity contribution < 1.29 is 19.6 Å². The van der Waals surface area contributed by atoms with Crippen molar-refractivity contribution in [1.82, 2.24) is 5.32 Å². The molecule has 0 spiro atoms. The Balaban J connectivity index is 1.96. The second-order valence-corrected chi connectivity index (χ2v) is 7.95. The molecule has 3 atom stereocenters. The van der Waals surface area contributed by atoms with Crippen LogP contribution < -0.4 is 11.1 Å². The van der Waals surface area contributed by atoms with E-state index in [1.54, 1.807) is 0 Å². The third-order valence-corrected chi connectivity index (χ3v) is 5.27. The third kappa shape index (κ3) is 7.43. The Morgan fingerprint density at radius 2 is 2.04 bits per heavy atom. The summed E-state index contributed by atoms with van der Waals surface area (Å²) in [6.07, 6.45) is 4.33. The summed E-state index contributed by atoms with van der Waals surface area (Å²) in [6.45, 7) is 2.66. The lowest BCUT2D eigenvalue weighted by Gasteiger charge is -2.41. The number of hydrogen-bond donors (Lipinski definition) is 4. The summed E-state index contributed by atoms with van der Waals surface area (Å²) >= 11 is 5.90. The van der Waals surface area contributed by atoms with Crippen LogP contribution in [0.4, 0.5) is 0 Å². The van der Waals surface area contributed by atoms with Gasteiger partial charge in [0, 0.05) is 42.7 Å². The van der Waals surface area contributed by atoms with Gasteiger partial charge >= 0.3 is 13.1 Å². The maximum absolute atomic E-state index is 12.1. The maximum atomic E-state index is 12.1. The molecule has 1 fully saturated rings. The predicted octanol–water partition coefficient (Wildman–Crippen LogP) is 2.60. The van der Waals surface area contributed by atoms with Crippen molar-refractivity contribution in [3.05, 3.63) is 34.9 Å². The van der Waals surface area contributed by atoms with E-state index >= 15 is 0 Å². The molecule has 1 aromatic carbocycles. The van der Waals surface area contributed by atoms with Crippen molar-refractivity contribution in [1.29, 1.82) is 0 Å². The van der Waals surface area contributed by atoms with Crippen LogP contribution in [0.25, 0.3) is 0 Å². The SMILES string of the molecule is CCCCCC(=O)OC1(N)CC(NCc2ccc(Cl)cc2)CC(B(O)O)C1. The second kappa shape index (κ2) is 10.4. The average molecular weight is 397 g/mol. The maximum Gasteiger partial charge on any atom is 0.455 e. The van der Waals surface area contributed by atoms with E-state index in [1.807, 2.05) is 24.3 Å². The van der Waals surface area contributed by atoms with Crippen LogP contribution in [-0.4, -0.2) is 34.9 Å². The summed E-state index contributed by atoms with van der Waals surface area (Å²) in [6, 6.07) is 7.42. The topological polar surface area (TPSA) is 105 Å². The van der Waals surface area contributed by atoms with Crippen molar-refractivity contribution in [2.75, 3.05) is 0 Å². The highest BCUT2D eigenvalue weighted by Gasteiger charge is 2.44. The lowest BCUT2D eigenvalue weighted by molar-refractivity contribution is -0.164. The molecular formula is C19H30BClN2O4. The number of esters is 1. The lowest BCUT2D eigenvalue weighted by atomic mass is 9.62. The number of halogens is 1. The van der Waals surface area contributed by atoms with Gasteiger partial charge in [-0.25, -0.2) is 0 Å². The quantitative estimate of drug-likeness (QED) is 0.221. The van der Waals surface area contributed by atoms with Gasteiger partial charge in [0.05, 0.1) is 0 Å². The van der Waals surface area contributed by atoms with Gasteiger partial charge in [0.25, 0.3) is 0 Å². The van der Waals surface area contributed by atoms with Crippen molar-refractivity contribution in [3.63, 3.8) is 0 Å². The van der Waals surface area contributed by atoms with E-state index in [0.717, 1.165) is 24.8 Å². The Morgan fingerprint density at radius 1 is 1.33 bits per heavy atom. The fourth-order valence-electron chi connectivity index (χ4n) is 3.60. The third-order valence-electron chi connectivity index (χ3n) is 5.02. The number of hydrogen-bond acceptors (Lipinski definition) is 6. The number of carbonyl (C=O) groups is 1. The lowest BCUT2D eigenvalue weighted by Crippen LogP contribution is -2.55. The Morgan fingerprint density at radius 3 is 2.67 bits per heavy atom. The molecule has 1 aliphatic carbocycles. The molecule has 1 aromatic rings. The van der Waals surface area contributed by atoms with Crippen LogP contribution >= 0.6 is 11.6 Å². The van der Waals surface area contributed by atoms with E-state index < -0.39 is 18.7 Å². The standard InChI is InChI=1S/C19H30BClN2O4/c1-2-3-4-5-18(24)27-19(22)11-15(20(25)26)10-17(12-19)23-13-14-6-8-16(21)9-7-14/h6-9,15,17,23,25-26H,2-5,10-13,22H2,1H3. The molecular weight excluding hydrogens is 366 g/mol. The van der Waals surface area contributed by atoms with Crippen LogP contribution in [0.5, 0.6) is 0 Å². The largest absolute Gasteiger partial charge is 0.455 e. The number of benzene rings is 1. The number of rotatable bonds is 9. The van der Waals surface area contributed by atoms with Gasteiger partial charge in [0.2, 0.25) is 0 Å². The summed E-state index contributed by atoms with van der Waals surface area (Å²) in [7, 11) is -1.49. The molecule has 0 saturated heterocycles. The van der Waals surface area contributed by atoms with E-state index in [2.05, 4.69) is 12.2 Å². The van der Waals surface area contributed by atoms with Gasteiger partial charge in [-0.15, -0.1) is 0 Å².